The van der Waals surface area contributed by atoms with Crippen molar-refractivity contribution in [3.63, 3.8) is 0 Å². The number of rotatable bonds is 46. The average molecular weight is 846 g/mol. The zero-order valence-corrected chi connectivity index (χ0v) is 40.2. The molecular weight excluding hydrogens is 747 g/mol. The Morgan fingerprint density at radius 2 is 0.721 bits per heavy atom. The van der Waals surface area contributed by atoms with Gasteiger partial charge in [-0.15, -0.1) is 0 Å². The van der Waals surface area contributed by atoms with E-state index in [0.717, 1.165) is 89.9 Å². The average Bonchev–Trinajstić information content (AvgIpc) is 3.26. The number of hydrogen-bond acceptors (Lipinski definition) is 3. The van der Waals surface area contributed by atoms with E-state index in [1.54, 1.807) is 0 Å². The van der Waals surface area contributed by atoms with Gasteiger partial charge in [-0.1, -0.05) is 252 Å². The molecule has 1 amide bonds. The number of aliphatic hydroxyl groups excluding tert-OH is 2. The predicted octanol–water partition coefficient (Wildman–Crippen LogP) is 17.0. The Labute approximate surface area is 379 Å². The van der Waals surface area contributed by atoms with Crippen LogP contribution in [0.25, 0.3) is 0 Å². The van der Waals surface area contributed by atoms with Gasteiger partial charge in [0, 0.05) is 6.42 Å². The Morgan fingerprint density at radius 1 is 0.410 bits per heavy atom. The molecular formula is C57H99NO3. The van der Waals surface area contributed by atoms with Gasteiger partial charge in [-0.2, -0.15) is 0 Å². The lowest BCUT2D eigenvalue weighted by Crippen LogP contribution is -2.45. The molecule has 0 rings (SSSR count). The summed E-state index contributed by atoms with van der Waals surface area (Å²) in [6, 6.07) is -0.551. The monoisotopic (exact) mass is 846 g/mol. The Hall–Kier alpha value is -2.69. The summed E-state index contributed by atoms with van der Waals surface area (Å²) < 4.78 is 0. The highest BCUT2D eigenvalue weighted by molar-refractivity contribution is 5.76. The molecule has 0 spiro atoms. The number of carbonyl (C=O) groups is 1. The molecule has 0 bridgehead atoms. The third kappa shape index (κ3) is 48.2. The van der Waals surface area contributed by atoms with Crippen molar-refractivity contribution in [2.24, 2.45) is 0 Å². The van der Waals surface area contributed by atoms with Gasteiger partial charge in [0.2, 0.25) is 5.91 Å². The molecule has 350 valence electrons. The standard InChI is InChI=1S/C57H99NO3/c1-3-5-7-9-11-13-15-17-19-21-23-24-25-26-27-28-29-30-31-32-33-34-35-37-39-41-43-45-47-49-51-53-57(61)58-55(54-59)56(60)52-50-48-46-44-42-40-38-36-22-20-18-16-14-12-10-8-6-4-2/h5,7,11,13,17,19,23-24,26-27,29-30,32-33,35,37,55-56,59-60H,3-4,6,8-10,12,14-16,18,20-22,25,28,31,34,36,38-54H2,1-2H3,(H,58,61)/b7-5-,13-11-,19-17-,24-23-,27-26-,30-29-,33-32-,37-35-. The summed E-state index contributed by atoms with van der Waals surface area (Å²) in [5.41, 5.74) is 0. The minimum absolute atomic E-state index is 0.0487. The number of nitrogens with one attached hydrogen (secondary N) is 1. The van der Waals surface area contributed by atoms with Crippen LogP contribution in [0, 0.1) is 0 Å². The molecule has 0 fully saturated rings. The molecule has 2 atom stereocenters. The number of amides is 1. The maximum absolute atomic E-state index is 12.5. The highest BCUT2D eigenvalue weighted by Gasteiger charge is 2.20. The second-order valence-corrected chi connectivity index (χ2v) is 17.2. The van der Waals surface area contributed by atoms with E-state index >= 15 is 0 Å². The summed E-state index contributed by atoms with van der Waals surface area (Å²) in [6.07, 6.45) is 76.5. The van der Waals surface area contributed by atoms with Crippen molar-refractivity contribution in [1.82, 2.24) is 5.32 Å². The molecule has 3 N–H and O–H groups in total. The Bertz CT molecular complexity index is 1140. The van der Waals surface area contributed by atoms with Crippen molar-refractivity contribution >= 4 is 5.91 Å². The van der Waals surface area contributed by atoms with E-state index in [9.17, 15) is 15.0 Å². The van der Waals surface area contributed by atoms with Crippen LogP contribution in [0.15, 0.2) is 97.2 Å². The molecule has 0 aromatic heterocycles. The van der Waals surface area contributed by atoms with Gasteiger partial charge in [0.05, 0.1) is 18.8 Å². The van der Waals surface area contributed by atoms with Crippen LogP contribution in [0.2, 0.25) is 0 Å². The lowest BCUT2D eigenvalue weighted by atomic mass is 10.0. The minimum atomic E-state index is -0.673. The number of allylic oxidation sites excluding steroid dienone is 16. The zero-order valence-electron chi connectivity index (χ0n) is 40.2. The minimum Gasteiger partial charge on any atom is -0.394 e. The van der Waals surface area contributed by atoms with Crippen molar-refractivity contribution in [3.05, 3.63) is 97.2 Å². The molecule has 2 unspecified atom stereocenters. The summed E-state index contributed by atoms with van der Waals surface area (Å²) >= 11 is 0. The molecule has 0 aliphatic rings. The van der Waals surface area contributed by atoms with Crippen molar-refractivity contribution in [1.29, 1.82) is 0 Å². The molecule has 0 aliphatic heterocycles. The fourth-order valence-corrected chi connectivity index (χ4v) is 7.44. The van der Waals surface area contributed by atoms with E-state index in [-0.39, 0.29) is 12.5 Å². The third-order valence-corrected chi connectivity index (χ3v) is 11.4. The van der Waals surface area contributed by atoms with Crippen molar-refractivity contribution in [2.75, 3.05) is 6.61 Å². The molecule has 4 heteroatoms. The molecule has 61 heavy (non-hydrogen) atoms. The molecule has 0 aromatic rings. The smallest absolute Gasteiger partial charge is 0.220 e. The van der Waals surface area contributed by atoms with Crippen molar-refractivity contribution in [3.8, 4) is 0 Å². The SMILES string of the molecule is CC/C=C\C/C=C\C/C=C\C/C=C\C/C=C\C/C=C\C/C=C\C/C=C\CCCCCCCCC(=O)NC(CO)C(O)CCCCCCCCCCCCCCCCCCCC. The zero-order chi connectivity index (χ0) is 44.2. The van der Waals surface area contributed by atoms with Crippen molar-refractivity contribution in [2.45, 2.75) is 251 Å². The van der Waals surface area contributed by atoms with Gasteiger partial charge in [-0.3, -0.25) is 4.79 Å². The van der Waals surface area contributed by atoms with Crippen LogP contribution >= 0.6 is 0 Å². The molecule has 4 nitrogen and oxygen atoms in total. The summed E-state index contributed by atoms with van der Waals surface area (Å²) in [4.78, 5) is 12.5. The fourth-order valence-electron chi connectivity index (χ4n) is 7.44. The van der Waals surface area contributed by atoms with Gasteiger partial charge in [0.15, 0.2) is 0 Å². The van der Waals surface area contributed by atoms with Gasteiger partial charge in [-0.05, 0) is 77.0 Å². The van der Waals surface area contributed by atoms with E-state index in [1.165, 1.54) is 122 Å². The van der Waals surface area contributed by atoms with E-state index in [1.807, 2.05) is 0 Å². The van der Waals surface area contributed by atoms with E-state index < -0.39 is 12.1 Å². The number of aliphatic hydroxyl groups is 2. The van der Waals surface area contributed by atoms with Crippen LogP contribution in [0.3, 0.4) is 0 Å². The van der Waals surface area contributed by atoms with Crippen LogP contribution in [-0.4, -0.2) is 34.9 Å². The van der Waals surface area contributed by atoms with Crippen LogP contribution in [0.4, 0.5) is 0 Å². The first-order valence-corrected chi connectivity index (χ1v) is 25.9. The van der Waals surface area contributed by atoms with Gasteiger partial charge < -0.3 is 15.5 Å². The number of hydrogen-bond donors (Lipinski definition) is 3. The Balaban J connectivity index is 3.61. The second-order valence-electron chi connectivity index (χ2n) is 17.2. The lowest BCUT2D eigenvalue weighted by molar-refractivity contribution is -0.123. The van der Waals surface area contributed by atoms with Crippen LogP contribution in [-0.2, 0) is 4.79 Å². The van der Waals surface area contributed by atoms with Gasteiger partial charge >= 0.3 is 0 Å². The lowest BCUT2D eigenvalue weighted by Gasteiger charge is -2.22. The highest BCUT2D eigenvalue weighted by atomic mass is 16.3. The molecule has 0 heterocycles. The molecule has 0 radical (unpaired) electrons. The molecule has 0 aliphatic carbocycles. The maximum Gasteiger partial charge on any atom is 0.220 e. The van der Waals surface area contributed by atoms with Crippen LogP contribution in [0.5, 0.6) is 0 Å². The fraction of sp³-hybridized carbons (Fsp3) is 0.702. The van der Waals surface area contributed by atoms with Gasteiger partial charge in [-0.25, -0.2) is 0 Å². The number of carbonyl (C=O) groups excluding carboxylic acids is 1. The predicted molar refractivity (Wildman–Crippen MR) is 271 cm³/mol. The summed E-state index contributed by atoms with van der Waals surface area (Å²) in [6.45, 7) is 4.24. The van der Waals surface area contributed by atoms with E-state index in [2.05, 4.69) is 116 Å². The topological polar surface area (TPSA) is 69.6 Å². The third-order valence-electron chi connectivity index (χ3n) is 11.4. The van der Waals surface area contributed by atoms with Gasteiger partial charge in [0.1, 0.15) is 0 Å². The summed E-state index contributed by atoms with van der Waals surface area (Å²) in [5.74, 6) is -0.0487. The number of unbranched alkanes of at least 4 members (excludes halogenated alkanes) is 23. The summed E-state index contributed by atoms with van der Waals surface area (Å²) in [7, 11) is 0. The van der Waals surface area contributed by atoms with Crippen molar-refractivity contribution < 1.29 is 15.0 Å². The van der Waals surface area contributed by atoms with Crippen LogP contribution in [0.1, 0.15) is 239 Å². The maximum atomic E-state index is 12.5. The largest absolute Gasteiger partial charge is 0.394 e. The second kappa shape index (κ2) is 51.7. The molecule has 0 aromatic carbocycles. The Morgan fingerprint density at radius 3 is 1.08 bits per heavy atom. The highest BCUT2D eigenvalue weighted by Crippen LogP contribution is 2.16. The first kappa shape index (κ1) is 58.3. The first-order valence-electron chi connectivity index (χ1n) is 25.9. The molecule has 0 saturated heterocycles. The summed E-state index contributed by atoms with van der Waals surface area (Å²) in [5, 5.41) is 23.3. The van der Waals surface area contributed by atoms with Crippen LogP contribution < -0.4 is 5.32 Å². The molecule has 0 saturated carbocycles. The first-order chi connectivity index (χ1) is 30.2. The van der Waals surface area contributed by atoms with Gasteiger partial charge in [0.25, 0.3) is 0 Å². The quantitative estimate of drug-likeness (QED) is 0.0422. The normalized spacial score (nSPS) is 13.7. The van der Waals surface area contributed by atoms with E-state index in [4.69, 9.17) is 0 Å². The van der Waals surface area contributed by atoms with E-state index in [0.29, 0.717) is 12.8 Å². The Kier molecular flexibility index (Phi) is 49.4.